The topological polar surface area (TPSA) is 73.1 Å². The molecule has 4 aromatic rings. The molecule has 0 aliphatic heterocycles. The predicted octanol–water partition coefficient (Wildman–Crippen LogP) is 3.84. The predicted molar refractivity (Wildman–Crippen MR) is 129 cm³/mol. The number of aryl methyl sites for hydroxylation is 2. The number of nitrogens with zero attached hydrogens (tertiary/aromatic N) is 2. The van der Waals surface area contributed by atoms with Crippen LogP contribution in [0.2, 0.25) is 5.02 Å². The highest BCUT2D eigenvalue weighted by Crippen LogP contribution is 2.17. The minimum Gasteiger partial charge on any atom is -0.354 e. The number of thiophene rings is 1. The molecule has 0 saturated heterocycles. The molecule has 0 bridgehead atoms. The minimum atomic E-state index is -0.531. The molecule has 2 heterocycles. The Morgan fingerprint density at radius 3 is 2.50 bits per heavy atom. The molecule has 1 amide bonds. The van der Waals surface area contributed by atoms with Crippen LogP contribution in [0.3, 0.4) is 0 Å². The van der Waals surface area contributed by atoms with E-state index in [-0.39, 0.29) is 18.0 Å². The van der Waals surface area contributed by atoms with Crippen molar-refractivity contribution in [1.29, 1.82) is 0 Å². The molecule has 164 valence electrons. The van der Waals surface area contributed by atoms with Crippen molar-refractivity contribution >= 4 is 39.1 Å². The molecule has 8 heteroatoms. The van der Waals surface area contributed by atoms with Crippen LogP contribution in [-0.4, -0.2) is 21.6 Å². The Morgan fingerprint density at radius 2 is 1.78 bits per heavy atom. The lowest BCUT2D eigenvalue weighted by Crippen LogP contribution is -2.41. The number of benzene rings is 2. The van der Waals surface area contributed by atoms with Crippen molar-refractivity contribution in [3.63, 3.8) is 0 Å². The molecule has 4 rings (SSSR count). The average Bonchev–Trinajstić information content (AvgIpc) is 3.25. The first-order chi connectivity index (χ1) is 15.3. The molecule has 0 aliphatic rings. The second kappa shape index (κ2) is 9.14. The lowest BCUT2D eigenvalue weighted by Gasteiger charge is -2.13. The summed E-state index contributed by atoms with van der Waals surface area (Å²) in [5.41, 5.74) is 3.16. The molecule has 0 saturated carbocycles. The fourth-order valence-electron chi connectivity index (χ4n) is 3.53. The van der Waals surface area contributed by atoms with E-state index < -0.39 is 5.69 Å². The van der Waals surface area contributed by atoms with Crippen molar-refractivity contribution in [2.24, 2.45) is 0 Å². The van der Waals surface area contributed by atoms with Gasteiger partial charge in [-0.2, -0.15) is 0 Å². The van der Waals surface area contributed by atoms with Crippen LogP contribution in [0.15, 0.2) is 63.5 Å². The molecule has 2 aromatic carbocycles. The van der Waals surface area contributed by atoms with Gasteiger partial charge in [-0.3, -0.25) is 14.2 Å². The summed E-state index contributed by atoms with van der Waals surface area (Å²) in [6.45, 7) is 4.16. The zero-order valence-corrected chi connectivity index (χ0v) is 19.3. The largest absolute Gasteiger partial charge is 0.354 e. The molecule has 6 nitrogen and oxygen atoms in total. The van der Waals surface area contributed by atoms with Crippen molar-refractivity contribution in [2.75, 3.05) is 6.54 Å². The molecule has 0 fully saturated rings. The average molecular weight is 468 g/mol. The van der Waals surface area contributed by atoms with Gasteiger partial charge in [0.2, 0.25) is 5.91 Å². The fourth-order valence-corrected chi connectivity index (χ4v) is 4.48. The summed E-state index contributed by atoms with van der Waals surface area (Å²) < 4.78 is 2.95. The molecule has 0 atom stereocenters. The number of hydrogen-bond donors (Lipinski definition) is 1. The van der Waals surface area contributed by atoms with Crippen molar-refractivity contribution in [3.05, 3.63) is 96.5 Å². The van der Waals surface area contributed by atoms with Gasteiger partial charge in [0.05, 0.1) is 11.2 Å². The van der Waals surface area contributed by atoms with E-state index in [2.05, 4.69) is 5.32 Å². The first-order valence-electron chi connectivity index (χ1n) is 10.2. The standard InChI is InChI=1S/C24H22ClN3O3S/c1-15-3-8-19(13-16(15)2)28-23(30)22-20(10-12-32-22)27(24(28)31)14-21(29)26-11-9-17-4-6-18(25)7-5-17/h3-8,10,12-13H,9,11,14H2,1-2H3,(H,26,29). The van der Waals surface area contributed by atoms with E-state index >= 15 is 0 Å². The Bertz CT molecular complexity index is 1420. The van der Waals surface area contributed by atoms with E-state index in [4.69, 9.17) is 11.6 Å². The van der Waals surface area contributed by atoms with Gasteiger partial charge >= 0.3 is 5.69 Å². The molecule has 0 unspecified atom stereocenters. The Balaban J connectivity index is 1.62. The zero-order chi connectivity index (χ0) is 22.8. The smallest absolute Gasteiger partial charge is 0.336 e. The van der Waals surface area contributed by atoms with Crippen LogP contribution in [0.1, 0.15) is 16.7 Å². The summed E-state index contributed by atoms with van der Waals surface area (Å²) in [5, 5.41) is 5.27. The lowest BCUT2D eigenvalue weighted by molar-refractivity contribution is -0.121. The Labute approximate surface area is 193 Å². The molecular formula is C24H22ClN3O3S. The van der Waals surface area contributed by atoms with E-state index in [9.17, 15) is 14.4 Å². The van der Waals surface area contributed by atoms with Gasteiger partial charge in [0, 0.05) is 11.6 Å². The number of halogens is 1. The molecule has 0 spiro atoms. The summed E-state index contributed by atoms with van der Waals surface area (Å²) in [6.07, 6.45) is 0.647. The number of fused-ring (bicyclic) bond motifs is 1. The molecular weight excluding hydrogens is 446 g/mol. The SMILES string of the molecule is Cc1ccc(-n2c(=O)c3sccc3n(CC(=O)NCCc3ccc(Cl)cc3)c2=O)cc1C. The van der Waals surface area contributed by atoms with E-state index in [0.29, 0.717) is 33.9 Å². The number of hydrogen-bond acceptors (Lipinski definition) is 4. The highest BCUT2D eigenvalue weighted by atomic mass is 35.5. The summed E-state index contributed by atoms with van der Waals surface area (Å²) in [6, 6.07) is 14.6. The quantitative estimate of drug-likeness (QED) is 0.468. The van der Waals surface area contributed by atoms with Gasteiger partial charge in [-0.25, -0.2) is 9.36 Å². The van der Waals surface area contributed by atoms with Crippen LogP contribution in [0, 0.1) is 13.8 Å². The van der Waals surface area contributed by atoms with Gasteiger partial charge < -0.3 is 5.32 Å². The van der Waals surface area contributed by atoms with Crippen molar-refractivity contribution in [3.8, 4) is 5.69 Å². The second-order valence-electron chi connectivity index (χ2n) is 7.64. The number of carbonyl (C=O) groups excluding carboxylic acids is 1. The van der Waals surface area contributed by atoms with E-state index in [1.807, 2.05) is 50.2 Å². The van der Waals surface area contributed by atoms with Gasteiger partial charge in [0.15, 0.2) is 0 Å². The summed E-state index contributed by atoms with van der Waals surface area (Å²) in [7, 11) is 0. The maximum atomic E-state index is 13.3. The second-order valence-corrected chi connectivity index (χ2v) is 8.99. The monoisotopic (exact) mass is 467 g/mol. The van der Waals surface area contributed by atoms with Gasteiger partial charge in [0.25, 0.3) is 5.56 Å². The van der Waals surface area contributed by atoms with Crippen LogP contribution in [0.25, 0.3) is 15.9 Å². The highest BCUT2D eigenvalue weighted by molar-refractivity contribution is 7.17. The van der Waals surface area contributed by atoms with E-state index in [1.165, 1.54) is 15.9 Å². The number of amides is 1. The Kier molecular flexibility index (Phi) is 6.30. The Morgan fingerprint density at radius 1 is 1.03 bits per heavy atom. The van der Waals surface area contributed by atoms with Gasteiger partial charge in [0.1, 0.15) is 11.2 Å². The molecule has 32 heavy (non-hydrogen) atoms. The molecule has 0 aliphatic carbocycles. The molecule has 1 N–H and O–H groups in total. The van der Waals surface area contributed by atoms with Crippen molar-refractivity contribution in [1.82, 2.24) is 14.5 Å². The van der Waals surface area contributed by atoms with Gasteiger partial charge in [-0.15, -0.1) is 11.3 Å². The third-order valence-corrected chi connectivity index (χ3v) is 6.60. The third kappa shape index (κ3) is 4.40. The fraction of sp³-hybridized carbons (Fsp3) is 0.208. The number of carbonyl (C=O) groups is 1. The summed E-state index contributed by atoms with van der Waals surface area (Å²) >= 11 is 7.16. The number of rotatable bonds is 6. The molecule has 2 aromatic heterocycles. The van der Waals surface area contributed by atoms with Crippen molar-refractivity contribution < 1.29 is 4.79 Å². The van der Waals surface area contributed by atoms with E-state index in [0.717, 1.165) is 21.3 Å². The van der Waals surface area contributed by atoms with Gasteiger partial charge in [-0.05, 0) is 72.7 Å². The Hall–Kier alpha value is -3.16. The highest BCUT2D eigenvalue weighted by Gasteiger charge is 2.17. The van der Waals surface area contributed by atoms with Crippen LogP contribution in [0.5, 0.6) is 0 Å². The van der Waals surface area contributed by atoms with Crippen molar-refractivity contribution in [2.45, 2.75) is 26.8 Å². The number of aromatic nitrogens is 2. The first-order valence-corrected chi connectivity index (χ1v) is 11.4. The summed E-state index contributed by atoms with van der Waals surface area (Å²) in [5.74, 6) is -0.293. The maximum absolute atomic E-state index is 13.3. The first kappa shape index (κ1) is 22.0. The maximum Gasteiger partial charge on any atom is 0.336 e. The van der Waals surface area contributed by atoms with Crippen LogP contribution in [-0.2, 0) is 17.8 Å². The minimum absolute atomic E-state index is 0.169. The van der Waals surface area contributed by atoms with Crippen LogP contribution >= 0.6 is 22.9 Å². The normalized spacial score (nSPS) is 11.1. The van der Waals surface area contributed by atoms with E-state index in [1.54, 1.807) is 17.5 Å². The number of nitrogens with one attached hydrogen (secondary N) is 1. The zero-order valence-electron chi connectivity index (χ0n) is 17.7. The van der Waals surface area contributed by atoms with Gasteiger partial charge in [-0.1, -0.05) is 29.8 Å². The molecule has 0 radical (unpaired) electrons. The van der Waals surface area contributed by atoms with Crippen LogP contribution in [0.4, 0.5) is 0 Å². The van der Waals surface area contributed by atoms with Crippen LogP contribution < -0.4 is 16.6 Å². The third-order valence-electron chi connectivity index (χ3n) is 5.45. The lowest BCUT2D eigenvalue weighted by atomic mass is 10.1. The summed E-state index contributed by atoms with van der Waals surface area (Å²) in [4.78, 5) is 39.0.